The Balaban J connectivity index is 5.22. The van der Waals surface area contributed by atoms with Crippen LogP contribution in [0.1, 0.15) is 20.8 Å². The van der Waals surface area contributed by atoms with E-state index in [1.165, 1.54) is 27.8 Å². The van der Waals surface area contributed by atoms with Crippen molar-refractivity contribution in [2.24, 2.45) is 10.9 Å². The molecule has 0 heterocycles. The van der Waals surface area contributed by atoms with Crippen LogP contribution in [-0.2, 0) is 14.6 Å². The molecule has 0 aliphatic heterocycles. The van der Waals surface area contributed by atoms with E-state index >= 15 is 0 Å². The summed E-state index contributed by atoms with van der Waals surface area (Å²) in [6.07, 6.45) is 0.993. The predicted octanol–water partition coefficient (Wildman–Crippen LogP) is -0.597. The van der Waals surface area contributed by atoms with Crippen LogP contribution in [0.15, 0.2) is 5.16 Å². The van der Waals surface area contributed by atoms with Crippen molar-refractivity contribution in [1.29, 1.82) is 0 Å². The van der Waals surface area contributed by atoms with Gasteiger partial charge in [0.1, 0.15) is 4.75 Å². The summed E-state index contributed by atoms with van der Waals surface area (Å²) in [7, 11) is -2.15. The fourth-order valence-corrected chi connectivity index (χ4v) is 1.50. The quantitative estimate of drug-likeness (QED) is 0.305. The van der Waals surface area contributed by atoms with E-state index in [0.717, 1.165) is 11.2 Å². The first-order valence-electron chi connectivity index (χ1n) is 4.91. The number of sulfone groups is 1. The average molecular weight is 265 g/mol. The van der Waals surface area contributed by atoms with E-state index in [4.69, 9.17) is 10.9 Å². The molecular weight excluding hydrogens is 246 g/mol. The highest BCUT2D eigenvalue weighted by atomic mass is 32.2. The summed E-state index contributed by atoms with van der Waals surface area (Å²) in [4.78, 5) is 13.2. The molecule has 7 nitrogen and oxygen atoms in total. The molecule has 1 amide bonds. The van der Waals surface area contributed by atoms with Crippen LogP contribution in [0.4, 0.5) is 0 Å². The largest absolute Gasteiger partial charge is 0.409 e. The Morgan fingerprint density at radius 2 is 1.88 bits per heavy atom. The Hall–Kier alpha value is -1.31. The van der Waals surface area contributed by atoms with Gasteiger partial charge >= 0.3 is 0 Å². The number of likely N-dealkylation sites (N-methyl/N-ethyl adjacent to an activating group) is 1. The van der Waals surface area contributed by atoms with Gasteiger partial charge in [-0.15, -0.1) is 0 Å². The lowest BCUT2D eigenvalue weighted by Gasteiger charge is -2.31. The summed E-state index contributed by atoms with van der Waals surface area (Å²) < 4.78 is 21.5. The summed E-state index contributed by atoms with van der Waals surface area (Å²) in [5.41, 5.74) is 5.36. The lowest BCUT2D eigenvalue weighted by Crippen LogP contribution is -2.53. The maximum Gasteiger partial charge on any atom is 0.243 e. The molecule has 0 spiro atoms. The van der Waals surface area contributed by atoms with Crippen molar-refractivity contribution >= 4 is 21.6 Å². The van der Waals surface area contributed by atoms with Gasteiger partial charge in [-0.2, -0.15) is 0 Å². The maximum atomic E-state index is 12.0. The smallest absolute Gasteiger partial charge is 0.243 e. The number of carbonyl (C=O) groups excluding carboxylic acids is 1. The Labute approximate surface area is 101 Å². The lowest BCUT2D eigenvalue weighted by atomic mass is 10.1. The van der Waals surface area contributed by atoms with Crippen LogP contribution in [0.25, 0.3) is 0 Å². The molecule has 1 atom stereocenters. The predicted molar refractivity (Wildman–Crippen MR) is 64.6 cm³/mol. The zero-order valence-electron chi connectivity index (χ0n) is 10.6. The van der Waals surface area contributed by atoms with Gasteiger partial charge in [-0.3, -0.25) is 4.79 Å². The van der Waals surface area contributed by atoms with Crippen molar-refractivity contribution in [3.8, 4) is 0 Å². The summed E-state index contributed by atoms with van der Waals surface area (Å²) in [5.74, 6) is -0.774. The first-order valence-corrected chi connectivity index (χ1v) is 6.80. The van der Waals surface area contributed by atoms with Gasteiger partial charge in [0.15, 0.2) is 15.7 Å². The van der Waals surface area contributed by atoms with Crippen LogP contribution in [-0.4, -0.2) is 54.4 Å². The summed E-state index contributed by atoms with van der Waals surface area (Å²) in [5, 5.41) is 11.3. The monoisotopic (exact) mass is 265 g/mol. The van der Waals surface area contributed by atoms with Gasteiger partial charge in [0.2, 0.25) is 5.91 Å². The lowest BCUT2D eigenvalue weighted by molar-refractivity contribution is -0.132. The van der Waals surface area contributed by atoms with Crippen LogP contribution in [0.5, 0.6) is 0 Å². The second kappa shape index (κ2) is 4.91. The van der Waals surface area contributed by atoms with Gasteiger partial charge in [0, 0.05) is 13.3 Å². The van der Waals surface area contributed by atoms with Crippen molar-refractivity contribution in [1.82, 2.24) is 4.90 Å². The summed E-state index contributed by atoms with van der Waals surface area (Å²) >= 11 is 0. The van der Waals surface area contributed by atoms with Crippen molar-refractivity contribution in [3.05, 3.63) is 0 Å². The minimum Gasteiger partial charge on any atom is -0.409 e. The normalized spacial score (nSPS) is 15.5. The minimum absolute atomic E-state index is 0.162. The van der Waals surface area contributed by atoms with E-state index in [1.54, 1.807) is 0 Å². The second-order valence-corrected chi connectivity index (χ2v) is 6.96. The Kier molecular flexibility index (Phi) is 4.53. The molecule has 0 radical (unpaired) electrons. The van der Waals surface area contributed by atoms with E-state index in [2.05, 4.69) is 5.16 Å². The second-order valence-electron chi connectivity index (χ2n) is 4.40. The Morgan fingerprint density at radius 1 is 1.47 bits per heavy atom. The van der Waals surface area contributed by atoms with Crippen molar-refractivity contribution in [3.63, 3.8) is 0 Å². The number of amidine groups is 1. The third kappa shape index (κ3) is 3.09. The first-order chi connectivity index (χ1) is 7.46. The van der Waals surface area contributed by atoms with E-state index in [-0.39, 0.29) is 5.84 Å². The van der Waals surface area contributed by atoms with Gasteiger partial charge in [-0.1, -0.05) is 5.16 Å². The Bertz CT molecular complexity index is 428. The first kappa shape index (κ1) is 15.7. The topological polar surface area (TPSA) is 113 Å². The third-order valence-electron chi connectivity index (χ3n) is 2.89. The average Bonchev–Trinajstić information content (AvgIpc) is 2.23. The fourth-order valence-electron chi connectivity index (χ4n) is 1.04. The highest BCUT2D eigenvalue weighted by Gasteiger charge is 2.41. The highest BCUT2D eigenvalue weighted by molar-refractivity contribution is 7.92. The molecule has 0 saturated heterocycles. The van der Waals surface area contributed by atoms with Gasteiger partial charge in [-0.25, -0.2) is 8.42 Å². The molecule has 0 aliphatic rings. The molecule has 100 valence electrons. The van der Waals surface area contributed by atoms with Crippen LogP contribution in [0.2, 0.25) is 0 Å². The highest BCUT2D eigenvalue weighted by Crippen LogP contribution is 2.19. The van der Waals surface area contributed by atoms with Crippen molar-refractivity contribution < 1.29 is 18.4 Å². The van der Waals surface area contributed by atoms with E-state index < -0.39 is 26.5 Å². The van der Waals surface area contributed by atoms with E-state index in [9.17, 15) is 13.2 Å². The molecule has 0 aromatic heterocycles. The molecule has 0 fully saturated rings. The number of rotatable bonds is 4. The Morgan fingerprint density at radius 3 is 2.18 bits per heavy atom. The minimum atomic E-state index is -3.55. The van der Waals surface area contributed by atoms with Gasteiger partial charge in [-0.05, 0) is 20.8 Å². The fraction of sp³-hybridized carbons (Fsp3) is 0.778. The number of amides is 1. The number of hydrogen-bond donors (Lipinski definition) is 2. The molecule has 0 aromatic rings. The van der Waals surface area contributed by atoms with Gasteiger partial charge in [0.25, 0.3) is 0 Å². The van der Waals surface area contributed by atoms with Crippen molar-refractivity contribution in [2.75, 3.05) is 13.3 Å². The number of nitrogens with two attached hydrogens (primary N) is 1. The molecule has 1 unspecified atom stereocenters. The number of carbonyl (C=O) groups is 1. The molecule has 0 rings (SSSR count). The number of hydrogen-bond acceptors (Lipinski definition) is 5. The molecule has 0 aromatic carbocycles. The zero-order chi connectivity index (χ0) is 14.0. The molecule has 0 saturated carbocycles. The zero-order valence-corrected chi connectivity index (χ0v) is 11.4. The van der Waals surface area contributed by atoms with Crippen LogP contribution >= 0.6 is 0 Å². The summed E-state index contributed by atoms with van der Waals surface area (Å²) in [6, 6.07) is -0.687. The summed E-state index contributed by atoms with van der Waals surface area (Å²) in [6.45, 7) is 4.17. The molecule has 8 heteroatoms. The van der Waals surface area contributed by atoms with Gasteiger partial charge < -0.3 is 15.8 Å². The van der Waals surface area contributed by atoms with E-state index in [0.29, 0.717) is 0 Å². The van der Waals surface area contributed by atoms with Crippen LogP contribution in [0, 0.1) is 0 Å². The standard InChI is InChI=1S/C9H19N3O4S/c1-6(7(10)11-14)12(4)8(13)9(2,3)17(5,15)16/h6,14H,1-5H3,(H2,10,11). The molecule has 0 bridgehead atoms. The molecule has 3 N–H and O–H groups in total. The van der Waals surface area contributed by atoms with Crippen molar-refractivity contribution in [2.45, 2.75) is 31.6 Å². The molecule has 17 heavy (non-hydrogen) atoms. The number of oxime groups is 1. The molecular formula is C9H19N3O4S. The SMILES string of the molecule is CC(C(N)=NO)N(C)C(=O)C(C)(C)S(C)(=O)=O. The maximum absolute atomic E-state index is 12.0. The van der Waals surface area contributed by atoms with Gasteiger partial charge in [0.05, 0.1) is 6.04 Å². The van der Waals surface area contributed by atoms with Crippen LogP contribution in [0.3, 0.4) is 0 Å². The van der Waals surface area contributed by atoms with Crippen LogP contribution < -0.4 is 5.73 Å². The third-order valence-corrected chi connectivity index (χ3v) is 4.92. The molecule has 0 aliphatic carbocycles. The number of nitrogens with zero attached hydrogens (tertiary/aromatic N) is 2. The van der Waals surface area contributed by atoms with E-state index in [1.807, 2.05) is 0 Å².